The summed E-state index contributed by atoms with van der Waals surface area (Å²) in [6, 6.07) is 0. The minimum absolute atomic E-state index is 0. The summed E-state index contributed by atoms with van der Waals surface area (Å²) >= 11 is 0. The number of unbranched alkanes of at least 4 members (excludes halogenated alkanes) is 11. The molecule has 0 aliphatic heterocycles. The van der Waals surface area contributed by atoms with E-state index in [1.54, 1.807) is 0 Å². The molecule has 0 bridgehead atoms. The molecule has 2 N–H and O–H groups in total. The van der Waals surface area contributed by atoms with Gasteiger partial charge in [0.2, 0.25) is 0 Å². The molecule has 0 fully saturated rings. The van der Waals surface area contributed by atoms with Crippen LogP contribution in [0, 0.1) is 0 Å². The maximum absolute atomic E-state index is 11.3. The Hall–Kier alpha value is 0.976. The van der Waals surface area contributed by atoms with Crippen molar-refractivity contribution in [2.45, 2.75) is 90.4 Å². The number of carbonyl (C=O) groups is 1. The average Bonchev–Trinajstić information content (AvgIpc) is 2.51. The Balaban J connectivity index is -0.00000264. The number of hydrogen-bond donors (Lipinski definition) is 1. The van der Waals surface area contributed by atoms with Crippen molar-refractivity contribution in [1.29, 1.82) is 0 Å². The van der Waals surface area contributed by atoms with Gasteiger partial charge >= 0.3 is 67.8 Å². The molecule has 0 radical (unpaired) electrons. The van der Waals surface area contributed by atoms with Gasteiger partial charge in [0, 0.05) is 6.54 Å². The third kappa shape index (κ3) is 21.1. The van der Waals surface area contributed by atoms with E-state index in [1.165, 1.54) is 57.8 Å². The molecular formula is C17H36KNO5S. The van der Waals surface area contributed by atoms with E-state index in [0.717, 1.165) is 12.8 Å². The van der Waals surface area contributed by atoms with E-state index < -0.39 is 16.4 Å². The molecule has 0 spiro atoms. The van der Waals surface area contributed by atoms with Gasteiger partial charge < -0.3 is 11.3 Å². The van der Waals surface area contributed by atoms with Gasteiger partial charge in [0.05, 0.1) is 13.0 Å². The molecule has 0 aromatic heterocycles. The molecule has 0 aliphatic rings. The smallest absolute Gasteiger partial charge is 1.00 e. The van der Waals surface area contributed by atoms with Crippen LogP contribution in [0.3, 0.4) is 0 Å². The minimum atomic E-state index is -4.22. The molecule has 8 heteroatoms. The molecule has 0 aromatic rings. The zero-order valence-corrected chi connectivity index (χ0v) is 20.1. The van der Waals surface area contributed by atoms with Gasteiger partial charge in [0.1, 0.15) is 0 Å². The van der Waals surface area contributed by atoms with Gasteiger partial charge in [0.25, 0.3) is 0 Å². The van der Waals surface area contributed by atoms with Gasteiger partial charge in [-0.25, -0.2) is 4.18 Å². The summed E-state index contributed by atoms with van der Waals surface area (Å²) in [6.07, 6.45) is 14.2. The molecule has 0 aliphatic carbocycles. The van der Waals surface area contributed by atoms with Crippen LogP contribution in [0.1, 0.15) is 91.8 Å². The standard InChI is InChI=1S/C17H35NO5S.K.H/c1-2-3-4-5-6-7-8-9-10-11-12-13-16-22-24(20,21)23-17(19)14-15-18;;/h2-16,18H2,1H3;;/q;+1;-1. The minimum Gasteiger partial charge on any atom is -1.00 e. The van der Waals surface area contributed by atoms with Crippen LogP contribution >= 0.6 is 0 Å². The second-order valence-corrected chi connectivity index (χ2v) is 7.33. The number of rotatable bonds is 17. The molecule has 6 nitrogen and oxygen atoms in total. The maximum Gasteiger partial charge on any atom is 1.00 e. The van der Waals surface area contributed by atoms with Crippen molar-refractivity contribution in [1.82, 2.24) is 0 Å². The maximum atomic E-state index is 11.3. The Morgan fingerprint density at radius 3 is 1.76 bits per heavy atom. The Bertz CT molecular complexity index is 410. The van der Waals surface area contributed by atoms with Crippen LogP contribution < -0.4 is 57.1 Å². The van der Waals surface area contributed by atoms with Crippen molar-refractivity contribution in [3.05, 3.63) is 0 Å². The summed E-state index contributed by atoms with van der Waals surface area (Å²) in [5, 5.41) is 0. The Morgan fingerprint density at radius 1 is 0.880 bits per heavy atom. The van der Waals surface area contributed by atoms with Crippen molar-refractivity contribution in [3.63, 3.8) is 0 Å². The number of nitrogens with two attached hydrogens (primary N) is 1. The molecule has 0 heterocycles. The van der Waals surface area contributed by atoms with E-state index >= 15 is 0 Å². The van der Waals surface area contributed by atoms with Crippen LogP contribution in [0.4, 0.5) is 0 Å². The molecule has 146 valence electrons. The van der Waals surface area contributed by atoms with Gasteiger partial charge in [-0.1, -0.05) is 77.6 Å². The molecule has 0 saturated carbocycles. The fraction of sp³-hybridized carbons (Fsp3) is 0.941. The molecule has 0 aromatic carbocycles. The van der Waals surface area contributed by atoms with Gasteiger partial charge in [-0.15, -0.1) is 0 Å². The SMILES string of the molecule is CCCCCCCCCCCCCCOS(=O)(=O)OC(=O)CCN.[H-].[K+]. The van der Waals surface area contributed by atoms with Crippen LogP contribution in [0.5, 0.6) is 0 Å². The first-order valence-electron chi connectivity index (χ1n) is 9.33. The fourth-order valence-corrected chi connectivity index (χ4v) is 3.08. The largest absolute Gasteiger partial charge is 1.00 e. The van der Waals surface area contributed by atoms with Crippen LogP contribution in [0.25, 0.3) is 0 Å². The number of carbonyl (C=O) groups excluding carboxylic acids is 1. The van der Waals surface area contributed by atoms with E-state index in [4.69, 9.17) is 5.73 Å². The first-order chi connectivity index (χ1) is 11.5. The Labute approximate surface area is 198 Å². The van der Waals surface area contributed by atoms with E-state index in [9.17, 15) is 13.2 Å². The van der Waals surface area contributed by atoms with Gasteiger partial charge in [-0.3, -0.25) is 4.79 Å². The average molecular weight is 406 g/mol. The van der Waals surface area contributed by atoms with Gasteiger partial charge in [0.15, 0.2) is 0 Å². The zero-order valence-electron chi connectivity index (χ0n) is 17.1. The van der Waals surface area contributed by atoms with E-state index in [0.29, 0.717) is 6.42 Å². The monoisotopic (exact) mass is 405 g/mol. The van der Waals surface area contributed by atoms with E-state index in [1.807, 2.05) is 0 Å². The summed E-state index contributed by atoms with van der Waals surface area (Å²) in [5.41, 5.74) is 5.14. The van der Waals surface area contributed by atoms with Gasteiger partial charge in [-0.05, 0) is 6.42 Å². The molecule has 0 unspecified atom stereocenters. The van der Waals surface area contributed by atoms with Gasteiger partial charge in [-0.2, -0.15) is 8.42 Å². The van der Waals surface area contributed by atoms with E-state index in [-0.39, 0.29) is 72.4 Å². The summed E-state index contributed by atoms with van der Waals surface area (Å²) in [6.45, 7) is 2.33. The molecule has 0 saturated heterocycles. The fourth-order valence-electron chi connectivity index (χ4n) is 2.40. The quantitative estimate of drug-likeness (QED) is 0.286. The topological polar surface area (TPSA) is 95.7 Å². The van der Waals surface area contributed by atoms with E-state index in [2.05, 4.69) is 15.3 Å². The van der Waals surface area contributed by atoms with Crippen LogP contribution in [0.15, 0.2) is 0 Å². The second kappa shape index (κ2) is 19.7. The summed E-state index contributed by atoms with van der Waals surface area (Å²) in [4.78, 5) is 11.0. The molecule has 0 atom stereocenters. The predicted octanol–water partition coefficient (Wildman–Crippen LogP) is 0.957. The normalized spacial score (nSPS) is 11.1. The van der Waals surface area contributed by atoms with Crippen LogP contribution in [0.2, 0.25) is 0 Å². The van der Waals surface area contributed by atoms with Crippen molar-refractivity contribution < 1.29 is 74.4 Å². The third-order valence-corrected chi connectivity index (χ3v) is 4.61. The zero-order chi connectivity index (χ0) is 18.1. The summed E-state index contributed by atoms with van der Waals surface area (Å²) in [7, 11) is -4.22. The summed E-state index contributed by atoms with van der Waals surface area (Å²) < 4.78 is 31.5. The van der Waals surface area contributed by atoms with Crippen molar-refractivity contribution in [2.75, 3.05) is 13.2 Å². The number of hydrogen-bond acceptors (Lipinski definition) is 6. The van der Waals surface area contributed by atoms with Crippen LogP contribution in [-0.4, -0.2) is 27.5 Å². The van der Waals surface area contributed by atoms with Crippen molar-refractivity contribution in [3.8, 4) is 0 Å². The second-order valence-electron chi connectivity index (χ2n) is 6.11. The van der Waals surface area contributed by atoms with Crippen molar-refractivity contribution in [2.24, 2.45) is 5.73 Å². The van der Waals surface area contributed by atoms with Crippen molar-refractivity contribution >= 4 is 16.4 Å². The molecular weight excluding hydrogens is 369 g/mol. The predicted molar refractivity (Wildman–Crippen MR) is 96.8 cm³/mol. The Morgan fingerprint density at radius 2 is 1.32 bits per heavy atom. The molecule has 0 rings (SSSR count). The third-order valence-electron chi connectivity index (χ3n) is 3.77. The molecule has 0 amide bonds. The first kappa shape index (κ1) is 28.2. The first-order valence-corrected chi connectivity index (χ1v) is 10.7. The van der Waals surface area contributed by atoms with Crippen LogP contribution in [-0.2, 0) is 23.6 Å². The summed E-state index contributed by atoms with van der Waals surface area (Å²) in [5.74, 6) is -0.882. The molecule has 25 heavy (non-hydrogen) atoms. The Kier molecular flexibility index (Phi) is 22.2.